The van der Waals surface area contributed by atoms with Gasteiger partial charge in [-0.2, -0.15) is 4.98 Å². The summed E-state index contributed by atoms with van der Waals surface area (Å²) in [6.07, 6.45) is 0.732. The lowest BCUT2D eigenvalue weighted by molar-refractivity contribution is 0.206. The minimum atomic E-state index is -0.115. The number of carbonyl (C=O) groups is 1. The van der Waals surface area contributed by atoms with E-state index < -0.39 is 0 Å². The largest absolute Gasteiger partial charge is 0.494 e. The molecule has 0 fully saturated rings. The van der Waals surface area contributed by atoms with Crippen molar-refractivity contribution < 1.29 is 9.53 Å². The predicted octanol–water partition coefficient (Wildman–Crippen LogP) is 5.10. The van der Waals surface area contributed by atoms with E-state index in [0.717, 1.165) is 39.0 Å². The van der Waals surface area contributed by atoms with Gasteiger partial charge in [0.1, 0.15) is 5.75 Å². The molecule has 2 aromatic carbocycles. The zero-order valence-corrected chi connectivity index (χ0v) is 18.4. The molecule has 3 heterocycles. The van der Waals surface area contributed by atoms with Crippen LogP contribution in [0.4, 0.5) is 10.5 Å². The summed E-state index contributed by atoms with van der Waals surface area (Å²) >= 11 is 7.55. The summed E-state index contributed by atoms with van der Waals surface area (Å²) in [5.41, 5.74) is 2.80. The maximum Gasteiger partial charge on any atom is 0.322 e. The Labute approximate surface area is 188 Å². The Morgan fingerprint density at radius 2 is 1.97 bits per heavy atom. The fraction of sp³-hybridized carbons (Fsp3) is 0.227. The number of urea groups is 1. The molecule has 4 aromatic rings. The highest BCUT2D eigenvalue weighted by Gasteiger charge is 2.26. The third-order valence-electron chi connectivity index (χ3n) is 5.13. The molecule has 0 aliphatic carbocycles. The van der Waals surface area contributed by atoms with Crippen LogP contribution in [0.1, 0.15) is 17.5 Å². The molecule has 2 aromatic heterocycles. The fourth-order valence-electron chi connectivity index (χ4n) is 3.59. The number of hydrogen-bond donors (Lipinski definition) is 1. The lowest BCUT2D eigenvalue weighted by atomic mass is 10.2. The first-order chi connectivity index (χ1) is 15.1. The van der Waals surface area contributed by atoms with Crippen LogP contribution in [0.3, 0.4) is 0 Å². The fourth-order valence-corrected chi connectivity index (χ4v) is 4.83. The molecule has 7 nitrogen and oxygen atoms in total. The van der Waals surface area contributed by atoms with Crippen molar-refractivity contribution in [2.75, 3.05) is 18.5 Å². The van der Waals surface area contributed by atoms with Crippen LogP contribution in [0, 0.1) is 0 Å². The number of carbonyl (C=O) groups excluding carboxylic acids is 1. The third-order valence-corrected chi connectivity index (χ3v) is 6.44. The van der Waals surface area contributed by atoms with E-state index in [1.54, 1.807) is 11.3 Å². The zero-order chi connectivity index (χ0) is 21.4. The topological polar surface area (TPSA) is 71.8 Å². The summed E-state index contributed by atoms with van der Waals surface area (Å²) in [6, 6.07) is 14.8. The second-order valence-electron chi connectivity index (χ2n) is 7.17. The number of aromatic nitrogens is 3. The summed E-state index contributed by atoms with van der Waals surface area (Å²) in [4.78, 5) is 21.2. The predicted molar refractivity (Wildman–Crippen MR) is 122 cm³/mol. The van der Waals surface area contributed by atoms with Gasteiger partial charge >= 0.3 is 6.03 Å². The van der Waals surface area contributed by atoms with Crippen molar-refractivity contribution in [3.05, 3.63) is 64.1 Å². The van der Waals surface area contributed by atoms with Crippen LogP contribution < -0.4 is 10.1 Å². The maximum atomic E-state index is 12.7. The molecule has 1 aliphatic heterocycles. The molecule has 9 heteroatoms. The normalized spacial score (nSPS) is 13.3. The number of benzene rings is 2. The van der Waals surface area contributed by atoms with Gasteiger partial charge in [0.15, 0.2) is 5.82 Å². The van der Waals surface area contributed by atoms with E-state index in [1.165, 1.54) is 0 Å². The van der Waals surface area contributed by atoms with Gasteiger partial charge in [-0.3, -0.25) is 0 Å². The van der Waals surface area contributed by atoms with Gasteiger partial charge in [-0.05, 0) is 55.5 Å². The number of hydrogen-bond acceptors (Lipinski definition) is 5. The number of nitrogens with zero attached hydrogens (tertiary/aromatic N) is 4. The van der Waals surface area contributed by atoms with Gasteiger partial charge in [0.2, 0.25) is 4.96 Å². The first-order valence-corrected chi connectivity index (χ1v) is 11.2. The highest BCUT2D eigenvalue weighted by atomic mass is 35.5. The van der Waals surface area contributed by atoms with Crippen molar-refractivity contribution in [1.82, 2.24) is 19.5 Å². The van der Waals surface area contributed by atoms with E-state index in [2.05, 4.69) is 15.4 Å². The van der Waals surface area contributed by atoms with Gasteiger partial charge in [0.25, 0.3) is 0 Å². The molecule has 0 saturated heterocycles. The molecule has 31 heavy (non-hydrogen) atoms. The van der Waals surface area contributed by atoms with E-state index in [-0.39, 0.29) is 6.03 Å². The van der Waals surface area contributed by atoms with Crippen LogP contribution in [-0.4, -0.2) is 38.7 Å². The summed E-state index contributed by atoms with van der Waals surface area (Å²) in [6.45, 7) is 3.72. The number of amides is 2. The summed E-state index contributed by atoms with van der Waals surface area (Å²) in [7, 11) is 0. The van der Waals surface area contributed by atoms with Gasteiger partial charge in [-0.15, -0.1) is 5.10 Å². The Bertz CT molecular complexity index is 1230. The summed E-state index contributed by atoms with van der Waals surface area (Å²) in [5, 5.41) is 8.34. The van der Waals surface area contributed by atoms with Crippen molar-refractivity contribution >= 4 is 39.6 Å². The van der Waals surface area contributed by atoms with Crippen LogP contribution in [0.25, 0.3) is 16.3 Å². The zero-order valence-electron chi connectivity index (χ0n) is 16.8. The Morgan fingerprint density at radius 3 is 2.71 bits per heavy atom. The standard InChI is InChI=1S/C22H20ClN5O2S/c1-2-30-17-9-7-16(8-10-17)24-21(29)27-12-11-18-19(13-27)31-22-25-20(26-28(18)22)14-3-5-15(23)6-4-14/h3-10H,2,11-13H2,1H3,(H,24,29). The average molecular weight is 454 g/mol. The molecular formula is C22H20ClN5O2S. The van der Waals surface area contributed by atoms with Gasteiger partial charge in [0.05, 0.1) is 18.8 Å². The van der Waals surface area contributed by atoms with E-state index in [1.807, 2.05) is 64.9 Å². The number of halogens is 1. The van der Waals surface area contributed by atoms with Crippen molar-refractivity contribution in [3.63, 3.8) is 0 Å². The Kier molecular flexibility index (Phi) is 5.25. The number of thiazole rings is 1. The van der Waals surface area contributed by atoms with Gasteiger partial charge < -0.3 is 15.0 Å². The number of fused-ring (bicyclic) bond motifs is 3. The van der Waals surface area contributed by atoms with Crippen molar-refractivity contribution in [1.29, 1.82) is 0 Å². The van der Waals surface area contributed by atoms with Gasteiger partial charge in [0, 0.05) is 34.1 Å². The monoisotopic (exact) mass is 453 g/mol. The quantitative estimate of drug-likeness (QED) is 0.466. The molecule has 1 N–H and O–H groups in total. The van der Waals surface area contributed by atoms with Crippen molar-refractivity contribution in [3.8, 4) is 17.1 Å². The first kappa shape index (κ1) is 19.8. The van der Waals surface area contributed by atoms with E-state index in [0.29, 0.717) is 30.5 Å². The molecule has 2 amide bonds. The Balaban J connectivity index is 1.30. The molecule has 0 radical (unpaired) electrons. The molecule has 158 valence electrons. The summed E-state index contributed by atoms with van der Waals surface area (Å²) in [5.74, 6) is 1.47. The Morgan fingerprint density at radius 1 is 1.19 bits per heavy atom. The number of nitrogens with one attached hydrogen (secondary N) is 1. The van der Waals surface area contributed by atoms with Crippen molar-refractivity contribution in [2.24, 2.45) is 0 Å². The number of anilines is 1. The molecule has 0 unspecified atom stereocenters. The van der Waals surface area contributed by atoms with E-state index >= 15 is 0 Å². The molecular weight excluding hydrogens is 434 g/mol. The van der Waals surface area contributed by atoms with Crippen LogP contribution >= 0.6 is 22.9 Å². The lowest BCUT2D eigenvalue weighted by Gasteiger charge is -2.26. The second-order valence-corrected chi connectivity index (χ2v) is 8.67. The Hall–Kier alpha value is -3.10. The number of rotatable bonds is 4. The minimum Gasteiger partial charge on any atom is -0.494 e. The first-order valence-electron chi connectivity index (χ1n) is 10.0. The van der Waals surface area contributed by atoms with Crippen LogP contribution in [0.5, 0.6) is 5.75 Å². The van der Waals surface area contributed by atoms with E-state index in [4.69, 9.17) is 16.3 Å². The summed E-state index contributed by atoms with van der Waals surface area (Å²) < 4.78 is 7.35. The lowest BCUT2D eigenvalue weighted by Crippen LogP contribution is -2.38. The van der Waals surface area contributed by atoms with Crippen LogP contribution in [0.2, 0.25) is 5.02 Å². The van der Waals surface area contributed by atoms with Crippen LogP contribution in [0.15, 0.2) is 48.5 Å². The number of ether oxygens (including phenoxy) is 1. The minimum absolute atomic E-state index is 0.115. The molecule has 0 saturated carbocycles. The molecule has 0 atom stereocenters. The highest BCUT2D eigenvalue weighted by molar-refractivity contribution is 7.17. The average Bonchev–Trinajstić information content (AvgIpc) is 3.33. The molecule has 0 bridgehead atoms. The SMILES string of the molecule is CCOc1ccc(NC(=O)N2CCc3c(sc4nc(-c5ccc(Cl)cc5)nn34)C2)cc1. The van der Waals surface area contributed by atoms with Gasteiger partial charge in [-0.25, -0.2) is 9.31 Å². The smallest absolute Gasteiger partial charge is 0.322 e. The van der Waals surface area contributed by atoms with Crippen molar-refractivity contribution in [2.45, 2.75) is 19.9 Å². The van der Waals surface area contributed by atoms with Crippen LogP contribution in [-0.2, 0) is 13.0 Å². The molecule has 1 aliphatic rings. The molecule has 0 spiro atoms. The van der Waals surface area contributed by atoms with E-state index in [9.17, 15) is 4.79 Å². The highest BCUT2D eigenvalue weighted by Crippen LogP contribution is 2.30. The third kappa shape index (κ3) is 3.96. The maximum absolute atomic E-state index is 12.7. The molecule has 5 rings (SSSR count). The second kappa shape index (κ2) is 8.20. The van der Waals surface area contributed by atoms with Gasteiger partial charge in [-0.1, -0.05) is 22.9 Å².